The molecule has 44 heavy (non-hydrogen) atoms. The molecule has 3 nitrogen and oxygen atoms in total. The summed E-state index contributed by atoms with van der Waals surface area (Å²) in [7, 11) is 0. The Bertz CT molecular complexity index is 1810. The molecule has 0 unspecified atom stereocenters. The highest BCUT2D eigenvalue weighted by Crippen LogP contribution is 2.32. The summed E-state index contributed by atoms with van der Waals surface area (Å²) in [5.74, 6) is 0.636. The largest absolute Gasteiger partial charge is 0.279 e. The molecular weight excluding hydrogens is 533 g/mol. The van der Waals surface area contributed by atoms with Gasteiger partial charge in [-0.15, -0.1) is 0 Å². The second kappa shape index (κ2) is 12.3. The van der Waals surface area contributed by atoms with Crippen LogP contribution in [0.2, 0.25) is 0 Å². The first-order valence-corrected chi connectivity index (χ1v) is 15.3. The number of hydrogen-bond donors (Lipinski definition) is 0. The van der Waals surface area contributed by atoms with Crippen LogP contribution in [0.3, 0.4) is 0 Å². The van der Waals surface area contributed by atoms with E-state index in [0.29, 0.717) is 5.95 Å². The van der Waals surface area contributed by atoms with Gasteiger partial charge in [0.15, 0.2) is 0 Å². The van der Waals surface area contributed by atoms with Crippen LogP contribution in [0, 0.1) is 41.5 Å². The van der Waals surface area contributed by atoms with E-state index in [9.17, 15) is 0 Å². The predicted molar refractivity (Wildman–Crippen MR) is 188 cm³/mol. The molecule has 0 bridgehead atoms. The third-order valence-corrected chi connectivity index (χ3v) is 8.46. The van der Waals surface area contributed by atoms with Crippen LogP contribution in [-0.4, -0.2) is 16.7 Å². The zero-order valence-corrected chi connectivity index (χ0v) is 26.5. The Hall–Kier alpha value is -4.96. The Morgan fingerprint density at radius 3 is 1.52 bits per heavy atom. The summed E-state index contributed by atoms with van der Waals surface area (Å²) in [6.45, 7) is 13.5. The van der Waals surface area contributed by atoms with Crippen molar-refractivity contribution in [3.63, 3.8) is 0 Å². The number of para-hydroxylation sites is 1. The SMILES string of the molecule is Cc1cc(C)c(B(c2ccc(N(c3ccccc3)c3nccc(-c4ccccc4)n3)cc2)c2c(C)cc(C)cc2C)c(C)c1. The molecule has 0 spiro atoms. The van der Waals surface area contributed by atoms with Crippen molar-refractivity contribution in [3.05, 3.63) is 155 Å². The van der Waals surface area contributed by atoms with Crippen LogP contribution < -0.4 is 21.3 Å². The van der Waals surface area contributed by atoms with Gasteiger partial charge in [0.25, 0.3) is 0 Å². The third kappa shape index (κ3) is 5.81. The Morgan fingerprint density at radius 1 is 0.523 bits per heavy atom. The Labute approximate surface area is 262 Å². The number of nitrogens with zero attached hydrogens (tertiary/aromatic N) is 3. The molecule has 0 saturated heterocycles. The van der Waals surface area contributed by atoms with E-state index in [0.717, 1.165) is 22.6 Å². The van der Waals surface area contributed by atoms with Gasteiger partial charge in [0.1, 0.15) is 0 Å². The molecule has 0 aliphatic rings. The van der Waals surface area contributed by atoms with E-state index >= 15 is 0 Å². The van der Waals surface area contributed by atoms with E-state index in [4.69, 9.17) is 9.97 Å². The molecule has 0 N–H and O–H groups in total. The molecular formula is C40H38BN3. The minimum Gasteiger partial charge on any atom is -0.279 e. The summed E-state index contributed by atoms with van der Waals surface area (Å²) in [6.07, 6.45) is 1.84. The maximum atomic E-state index is 5.03. The van der Waals surface area contributed by atoms with Crippen molar-refractivity contribution in [2.45, 2.75) is 41.5 Å². The van der Waals surface area contributed by atoms with E-state index < -0.39 is 0 Å². The van der Waals surface area contributed by atoms with Crippen molar-refractivity contribution in [3.8, 4) is 11.3 Å². The molecule has 0 saturated carbocycles. The molecule has 0 aliphatic heterocycles. The monoisotopic (exact) mass is 571 g/mol. The average molecular weight is 572 g/mol. The molecule has 216 valence electrons. The Balaban J connectivity index is 1.49. The predicted octanol–water partition coefficient (Wildman–Crippen LogP) is 7.98. The van der Waals surface area contributed by atoms with Gasteiger partial charge < -0.3 is 0 Å². The zero-order valence-electron chi connectivity index (χ0n) is 26.5. The van der Waals surface area contributed by atoms with Crippen LogP contribution in [-0.2, 0) is 0 Å². The van der Waals surface area contributed by atoms with Gasteiger partial charge in [0.05, 0.1) is 5.69 Å². The molecule has 0 aliphatic carbocycles. The van der Waals surface area contributed by atoms with Gasteiger partial charge in [-0.1, -0.05) is 135 Å². The minimum atomic E-state index is 0.119. The normalized spacial score (nSPS) is 11.0. The minimum absolute atomic E-state index is 0.119. The van der Waals surface area contributed by atoms with E-state index in [-0.39, 0.29) is 6.71 Å². The van der Waals surface area contributed by atoms with Gasteiger partial charge >= 0.3 is 0 Å². The van der Waals surface area contributed by atoms with Gasteiger partial charge in [-0.2, -0.15) is 0 Å². The number of aryl methyl sites for hydroxylation is 6. The number of benzene rings is 5. The number of aromatic nitrogens is 2. The van der Waals surface area contributed by atoms with E-state index in [1.54, 1.807) is 0 Å². The second-order valence-corrected chi connectivity index (χ2v) is 11.9. The van der Waals surface area contributed by atoms with Gasteiger partial charge in [-0.05, 0) is 71.9 Å². The average Bonchev–Trinajstić information content (AvgIpc) is 3.01. The fourth-order valence-corrected chi connectivity index (χ4v) is 6.77. The first-order valence-electron chi connectivity index (χ1n) is 15.3. The number of hydrogen-bond acceptors (Lipinski definition) is 3. The summed E-state index contributed by atoms with van der Waals surface area (Å²) in [6, 6.07) is 40.8. The Kier molecular flexibility index (Phi) is 8.17. The summed E-state index contributed by atoms with van der Waals surface area (Å²) in [5, 5.41) is 0. The fourth-order valence-electron chi connectivity index (χ4n) is 6.77. The lowest BCUT2D eigenvalue weighted by molar-refractivity contribution is 1.08. The maximum absolute atomic E-state index is 5.03. The van der Waals surface area contributed by atoms with Crippen LogP contribution in [0.1, 0.15) is 33.4 Å². The molecule has 6 rings (SSSR count). The fraction of sp³-hybridized carbons (Fsp3) is 0.150. The van der Waals surface area contributed by atoms with Crippen molar-refractivity contribution >= 4 is 40.4 Å². The van der Waals surface area contributed by atoms with Crippen molar-refractivity contribution in [2.24, 2.45) is 0 Å². The van der Waals surface area contributed by atoms with E-state index in [1.807, 2.05) is 36.5 Å². The number of rotatable bonds is 7. The maximum Gasteiger partial charge on any atom is 0.242 e. The smallest absolute Gasteiger partial charge is 0.242 e. The third-order valence-electron chi connectivity index (χ3n) is 8.46. The standard InChI is InChI=1S/C40H38BN3/c1-27-23-29(3)38(30(4)24-27)41(39-31(5)25-28(2)26-32(39)6)34-17-19-36(20-18-34)44(35-15-11-8-12-16-35)40-42-22-21-37(43-40)33-13-9-7-10-14-33/h7-26H,1-6H3. The molecule has 6 aromatic rings. The van der Waals surface area contributed by atoms with E-state index in [1.165, 1.54) is 49.8 Å². The zero-order chi connectivity index (χ0) is 30.8. The highest BCUT2D eigenvalue weighted by molar-refractivity contribution is 6.96. The van der Waals surface area contributed by atoms with Crippen LogP contribution in [0.15, 0.2) is 121 Å². The van der Waals surface area contributed by atoms with Crippen LogP contribution in [0.4, 0.5) is 17.3 Å². The molecule has 1 aromatic heterocycles. The van der Waals surface area contributed by atoms with Crippen molar-refractivity contribution in [1.29, 1.82) is 0 Å². The molecule has 4 heteroatoms. The first-order chi connectivity index (χ1) is 21.3. The highest BCUT2D eigenvalue weighted by atomic mass is 15.3. The summed E-state index contributed by atoms with van der Waals surface area (Å²) in [4.78, 5) is 11.9. The van der Waals surface area contributed by atoms with Crippen LogP contribution in [0.25, 0.3) is 11.3 Å². The number of anilines is 3. The molecule has 0 amide bonds. The van der Waals surface area contributed by atoms with Crippen molar-refractivity contribution < 1.29 is 0 Å². The molecule has 0 fully saturated rings. The molecule has 1 heterocycles. The molecule has 0 atom stereocenters. The first kappa shape index (κ1) is 29.1. The molecule has 0 radical (unpaired) electrons. The summed E-state index contributed by atoms with van der Waals surface area (Å²) < 4.78 is 0. The van der Waals surface area contributed by atoms with Gasteiger partial charge in [-0.3, -0.25) is 4.90 Å². The van der Waals surface area contributed by atoms with Crippen molar-refractivity contribution in [2.75, 3.05) is 4.90 Å². The van der Waals surface area contributed by atoms with Crippen LogP contribution in [0.5, 0.6) is 0 Å². The lowest BCUT2D eigenvalue weighted by Crippen LogP contribution is -2.55. The lowest BCUT2D eigenvalue weighted by Gasteiger charge is -2.26. The summed E-state index contributed by atoms with van der Waals surface area (Å²) >= 11 is 0. The van der Waals surface area contributed by atoms with Crippen molar-refractivity contribution in [1.82, 2.24) is 9.97 Å². The van der Waals surface area contributed by atoms with Gasteiger partial charge in [0, 0.05) is 23.1 Å². The van der Waals surface area contributed by atoms with E-state index in [2.05, 4.69) is 131 Å². The van der Waals surface area contributed by atoms with Gasteiger partial charge in [0.2, 0.25) is 12.7 Å². The highest BCUT2D eigenvalue weighted by Gasteiger charge is 2.28. The quantitative estimate of drug-likeness (QED) is 0.182. The van der Waals surface area contributed by atoms with Gasteiger partial charge in [-0.25, -0.2) is 9.97 Å². The van der Waals surface area contributed by atoms with Crippen LogP contribution >= 0.6 is 0 Å². The summed E-state index contributed by atoms with van der Waals surface area (Å²) in [5.41, 5.74) is 15.9. The second-order valence-electron chi connectivity index (χ2n) is 11.9. The topological polar surface area (TPSA) is 29.0 Å². The lowest BCUT2D eigenvalue weighted by atomic mass is 9.34. The molecule has 5 aromatic carbocycles. The Morgan fingerprint density at radius 2 is 1.00 bits per heavy atom.